The van der Waals surface area contributed by atoms with E-state index < -0.39 is 0 Å². The van der Waals surface area contributed by atoms with Gasteiger partial charge in [0.1, 0.15) is 23.8 Å². The molecule has 0 spiro atoms. The SMILES string of the molecule is Cc1ccc(Nc2ncn(-c3cccc(F)c3)n2)nc1N1CC(N2CCOCC2)C1. The van der Waals surface area contributed by atoms with Crippen LogP contribution >= 0.6 is 0 Å². The number of aromatic nitrogens is 4. The Kier molecular flexibility index (Phi) is 5.06. The predicted octanol–water partition coefficient (Wildman–Crippen LogP) is 2.37. The molecular formula is C21H24FN7O. The number of halogens is 1. The van der Waals surface area contributed by atoms with E-state index in [1.807, 2.05) is 6.07 Å². The monoisotopic (exact) mass is 409 g/mol. The molecule has 4 heterocycles. The number of ether oxygens (including phenoxy) is 1. The van der Waals surface area contributed by atoms with Gasteiger partial charge < -0.3 is 15.0 Å². The average Bonchev–Trinajstić information content (AvgIpc) is 3.19. The fraction of sp³-hybridized carbons (Fsp3) is 0.381. The van der Waals surface area contributed by atoms with Gasteiger partial charge >= 0.3 is 0 Å². The Hall–Kier alpha value is -3.04. The van der Waals surface area contributed by atoms with Crippen LogP contribution in [-0.4, -0.2) is 70.1 Å². The maximum absolute atomic E-state index is 13.4. The fourth-order valence-electron chi connectivity index (χ4n) is 3.89. The van der Waals surface area contributed by atoms with Crippen LogP contribution in [0.3, 0.4) is 0 Å². The molecule has 5 rings (SSSR count). The molecule has 0 radical (unpaired) electrons. The van der Waals surface area contributed by atoms with Gasteiger partial charge in [-0.15, -0.1) is 5.10 Å². The molecule has 156 valence electrons. The van der Waals surface area contributed by atoms with Crippen molar-refractivity contribution in [1.29, 1.82) is 0 Å². The number of nitrogens with zero attached hydrogens (tertiary/aromatic N) is 6. The van der Waals surface area contributed by atoms with Crippen LogP contribution in [0.25, 0.3) is 5.69 Å². The molecule has 2 saturated heterocycles. The highest BCUT2D eigenvalue weighted by Gasteiger charge is 2.34. The first kappa shape index (κ1) is 19.0. The van der Waals surface area contributed by atoms with E-state index >= 15 is 0 Å². The van der Waals surface area contributed by atoms with Gasteiger partial charge in [-0.2, -0.15) is 4.98 Å². The first-order valence-corrected chi connectivity index (χ1v) is 10.1. The number of benzene rings is 1. The number of hydrogen-bond donors (Lipinski definition) is 1. The molecule has 1 aromatic carbocycles. The van der Waals surface area contributed by atoms with Gasteiger partial charge in [-0.3, -0.25) is 4.90 Å². The van der Waals surface area contributed by atoms with Gasteiger partial charge in [0.05, 0.1) is 18.9 Å². The second-order valence-electron chi connectivity index (χ2n) is 7.66. The normalized spacial score (nSPS) is 17.7. The fourth-order valence-corrected chi connectivity index (χ4v) is 3.89. The molecule has 3 aromatic rings. The molecule has 0 unspecified atom stereocenters. The summed E-state index contributed by atoms with van der Waals surface area (Å²) in [4.78, 5) is 13.9. The highest BCUT2D eigenvalue weighted by molar-refractivity contribution is 5.57. The van der Waals surface area contributed by atoms with Crippen LogP contribution < -0.4 is 10.2 Å². The zero-order valence-corrected chi connectivity index (χ0v) is 16.8. The van der Waals surface area contributed by atoms with Crippen molar-refractivity contribution in [2.45, 2.75) is 13.0 Å². The number of aryl methyl sites for hydroxylation is 1. The lowest BCUT2D eigenvalue weighted by Crippen LogP contribution is -2.62. The Morgan fingerprint density at radius 1 is 1.13 bits per heavy atom. The molecular weight excluding hydrogens is 385 g/mol. The van der Waals surface area contributed by atoms with E-state index in [0.29, 0.717) is 23.5 Å². The smallest absolute Gasteiger partial charge is 0.248 e. The van der Waals surface area contributed by atoms with Crippen molar-refractivity contribution >= 4 is 17.6 Å². The van der Waals surface area contributed by atoms with Gasteiger partial charge in [-0.25, -0.2) is 14.1 Å². The Labute approximate surface area is 174 Å². The molecule has 0 aliphatic carbocycles. The lowest BCUT2D eigenvalue weighted by Gasteiger charge is -2.47. The van der Waals surface area contributed by atoms with Crippen LogP contribution in [0.15, 0.2) is 42.7 Å². The minimum absolute atomic E-state index is 0.313. The molecule has 1 N–H and O–H groups in total. The summed E-state index contributed by atoms with van der Waals surface area (Å²) in [6.45, 7) is 7.68. The average molecular weight is 409 g/mol. The van der Waals surface area contributed by atoms with Crippen molar-refractivity contribution in [3.63, 3.8) is 0 Å². The van der Waals surface area contributed by atoms with E-state index in [4.69, 9.17) is 9.72 Å². The topological polar surface area (TPSA) is 71.3 Å². The number of morpholine rings is 1. The molecule has 30 heavy (non-hydrogen) atoms. The highest BCUT2D eigenvalue weighted by Crippen LogP contribution is 2.27. The van der Waals surface area contributed by atoms with Gasteiger partial charge in [-0.1, -0.05) is 12.1 Å². The minimum Gasteiger partial charge on any atom is -0.379 e. The number of rotatable bonds is 5. The van der Waals surface area contributed by atoms with E-state index in [0.717, 1.165) is 50.8 Å². The number of nitrogens with one attached hydrogen (secondary N) is 1. The Bertz CT molecular complexity index is 1030. The van der Waals surface area contributed by atoms with Crippen molar-refractivity contribution < 1.29 is 9.13 Å². The quantitative estimate of drug-likeness (QED) is 0.694. The first-order chi connectivity index (χ1) is 14.7. The zero-order chi connectivity index (χ0) is 20.5. The lowest BCUT2D eigenvalue weighted by molar-refractivity contribution is 0.0104. The summed E-state index contributed by atoms with van der Waals surface area (Å²) in [5, 5.41) is 7.53. The summed E-state index contributed by atoms with van der Waals surface area (Å²) in [5.74, 6) is 1.76. The Morgan fingerprint density at radius 2 is 1.97 bits per heavy atom. The molecule has 2 aliphatic heterocycles. The molecule has 0 bridgehead atoms. The molecule has 0 amide bonds. The minimum atomic E-state index is -0.313. The van der Waals surface area contributed by atoms with Crippen molar-refractivity contribution in [2.75, 3.05) is 49.6 Å². The number of hydrogen-bond acceptors (Lipinski definition) is 7. The van der Waals surface area contributed by atoms with Crippen molar-refractivity contribution in [3.8, 4) is 5.69 Å². The highest BCUT2D eigenvalue weighted by atomic mass is 19.1. The second-order valence-corrected chi connectivity index (χ2v) is 7.66. The van der Waals surface area contributed by atoms with Crippen molar-refractivity contribution in [3.05, 3.63) is 54.1 Å². The van der Waals surface area contributed by atoms with E-state index in [1.54, 1.807) is 18.5 Å². The lowest BCUT2D eigenvalue weighted by atomic mass is 10.1. The van der Waals surface area contributed by atoms with E-state index in [1.165, 1.54) is 16.8 Å². The van der Waals surface area contributed by atoms with Crippen molar-refractivity contribution in [2.24, 2.45) is 0 Å². The summed E-state index contributed by atoms with van der Waals surface area (Å²) in [6.07, 6.45) is 1.55. The number of pyridine rings is 1. The third-order valence-corrected chi connectivity index (χ3v) is 5.60. The van der Waals surface area contributed by atoms with Gasteiger partial charge in [0.15, 0.2) is 0 Å². The molecule has 2 fully saturated rings. The van der Waals surface area contributed by atoms with Gasteiger partial charge in [0.2, 0.25) is 5.95 Å². The molecule has 2 aromatic heterocycles. The van der Waals surface area contributed by atoms with Crippen LogP contribution in [0.5, 0.6) is 0 Å². The molecule has 9 heteroatoms. The molecule has 2 aliphatic rings. The van der Waals surface area contributed by atoms with Crippen molar-refractivity contribution in [1.82, 2.24) is 24.6 Å². The van der Waals surface area contributed by atoms with Crippen LogP contribution in [0.1, 0.15) is 5.56 Å². The van der Waals surface area contributed by atoms with Gasteiger partial charge in [0.25, 0.3) is 0 Å². The maximum Gasteiger partial charge on any atom is 0.248 e. The zero-order valence-electron chi connectivity index (χ0n) is 16.8. The summed E-state index contributed by atoms with van der Waals surface area (Å²) >= 11 is 0. The van der Waals surface area contributed by atoms with Gasteiger partial charge in [-0.05, 0) is 36.8 Å². The molecule has 8 nitrogen and oxygen atoms in total. The Balaban J connectivity index is 1.27. The predicted molar refractivity (Wildman–Crippen MR) is 112 cm³/mol. The standard InChI is InChI=1S/C21H24FN7O/c1-15-5-6-19(24-20(15)28-12-18(13-28)27-7-9-30-10-8-27)25-21-23-14-29(26-21)17-4-2-3-16(22)11-17/h2-6,11,14,18H,7-10,12-13H2,1H3,(H,24,25,26). The van der Waals surface area contributed by atoms with Crippen LogP contribution in [0.2, 0.25) is 0 Å². The van der Waals surface area contributed by atoms with Crippen LogP contribution in [-0.2, 0) is 4.74 Å². The number of anilines is 3. The van der Waals surface area contributed by atoms with E-state index in [9.17, 15) is 4.39 Å². The van der Waals surface area contributed by atoms with E-state index in [-0.39, 0.29) is 5.82 Å². The summed E-state index contributed by atoms with van der Waals surface area (Å²) < 4.78 is 20.4. The largest absolute Gasteiger partial charge is 0.379 e. The second kappa shape index (κ2) is 8.00. The van der Waals surface area contributed by atoms with Gasteiger partial charge in [0, 0.05) is 32.2 Å². The molecule has 0 saturated carbocycles. The van der Waals surface area contributed by atoms with Crippen LogP contribution in [0, 0.1) is 12.7 Å². The molecule has 0 atom stereocenters. The third-order valence-electron chi connectivity index (χ3n) is 5.60. The maximum atomic E-state index is 13.4. The summed E-state index contributed by atoms with van der Waals surface area (Å²) in [5.41, 5.74) is 1.75. The summed E-state index contributed by atoms with van der Waals surface area (Å²) in [6, 6.07) is 10.8. The van der Waals surface area contributed by atoms with Crippen LogP contribution in [0.4, 0.5) is 22.0 Å². The summed E-state index contributed by atoms with van der Waals surface area (Å²) in [7, 11) is 0. The Morgan fingerprint density at radius 3 is 2.77 bits per heavy atom. The first-order valence-electron chi connectivity index (χ1n) is 10.1. The third kappa shape index (κ3) is 3.86. The van der Waals surface area contributed by atoms with E-state index in [2.05, 4.69) is 38.2 Å².